The van der Waals surface area contributed by atoms with Crippen LogP contribution in [-0.4, -0.2) is 23.3 Å². The van der Waals surface area contributed by atoms with Gasteiger partial charge in [-0.2, -0.15) is 5.10 Å². The Balaban J connectivity index is 1.89. The minimum atomic E-state index is 0.322. The van der Waals surface area contributed by atoms with Crippen molar-refractivity contribution < 1.29 is 4.74 Å². The second kappa shape index (κ2) is 5.96. The molecule has 1 aromatic heterocycles. The van der Waals surface area contributed by atoms with Crippen LogP contribution in [0.15, 0.2) is 12.1 Å². The van der Waals surface area contributed by atoms with Crippen LogP contribution in [0.2, 0.25) is 0 Å². The molecule has 4 heteroatoms. The Bertz CT molecular complexity index is 339. The van der Waals surface area contributed by atoms with Gasteiger partial charge in [0, 0.05) is 12.6 Å². The quantitative estimate of drug-likeness (QED) is 0.868. The summed E-state index contributed by atoms with van der Waals surface area (Å²) in [4.78, 5) is 0. The average Bonchev–Trinajstić information content (AvgIpc) is 2.32. The van der Waals surface area contributed by atoms with Gasteiger partial charge in [0.1, 0.15) is 6.10 Å². The summed E-state index contributed by atoms with van der Waals surface area (Å²) in [5, 5.41) is 11.3. The topological polar surface area (TPSA) is 47.0 Å². The second-order valence-corrected chi connectivity index (χ2v) is 4.90. The Kier molecular flexibility index (Phi) is 4.31. The van der Waals surface area contributed by atoms with E-state index in [1.165, 1.54) is 12.8 Å². The van der Waals surface area contributed by atoms with Crippen LogP contribution in [0.3, 0.4) is 0 Å². The molecule has 1 fully saturated rings. The maximum absolute atomic E-state index is 5.86. The molecule has 17 heavy (non-hydrogen) atoms. The van der Waals surface area contributed by atoms with E-state index in [1.54, 1.807) is 0 Å². The van der Waals surface area contributed by atoms with E-state index in [-0.39, 0.29) is 0 Å². The van der Waals surface area contributed by atoms with E-state index in [9.17, 15) is 0 Å². The Morgan fingerprint density at radius 3 is 2.88 bits per heavy atom. The molecule has 0 saturated heterocycles. The molecule has 0 amide bonds. The van der Waals surface area contributed by atoms with Crippen molar-refractivity contribution in [3.63, 3.8) is 0 Å². The molecular weight excluding hydrogens is 214 g/mol. The highest BCUT2D eigenvalue weighted by Gasteiger charge is 2.20. The maximum atomic E-state index is 5.86. The van der Waals surface area contributed by atoms with Gasteiger partial charge < -0.3 is 10.1 Å². The molecule has 0 radical (unpaired) electrons. The third-order valence-electron chi connectivity index (χ3n) is 3.23. The van der Waals surface area contributed by atoms with Crippen LogP contribution in [0.4, 0.5) is 0 Å². The largest absolute Gasteiger partial charge is 0.473 e. The first-order chi connectivity index (χ1) is 8.28. The average molecular weight is 235 g/mol. The summed E-state index contributed by atoms with van der Waals surface area (Å²) in [6.07, 6.45) is 5.19. The molecule has 1 aromatic rings. The van der Waals surface area contributed by atoms with Crippen LogP contribution < -0.4 is 10.1 Å². The molecule has 0 aliphatic heterocycles. The predicted molar refractivity (Wildman–Crippen MR) is 66.8 cm³/mol. The van der Waals surface area contributed by atoms with E-state index in [1.807, 2.05) is 19.2 Å². The van der Waals surface area contributed by atoms with E-state index < -0.39 is 0 Å². The molecule has 94 valence electrons. The Hall–Kier alpha value is -1.16. The minimum Gasteiger partial charge on any atom is -0.473 e. The van der Waals surface area contributed by atoms with Crippen LogP contribution in [0.25, 0.3) is 0 Å². The fraction of sp³-hybridized carbons (Fsp3) is 0.692. The lowest BCUT2D eigenvalue weighted by molar-refractivity contribution is 0.122. The molecule has 2 rings (SSSR count). The molecule has 1 aliphatic carbocycles. The van der Waals surface area contributed by atoms with Crippen molar-refractivity contribution in [3.05, 3.63) is 17.8 Å². The van der Waals surface area contributed by atoms with Gasteiger partial charge in [0.2, 0.25) is 5.88 Å². The lowest BCUT2D eigenvalue weighted by Gasteiger charge is -2.26. The van der Waals surface area contributed by atoms with Gasteiger partial charge in [-0.3, -0.25) is 0 Å². The summed E-state index contributed by atoms with van der Waals surface area (Å²) in [7, 11) is 1.90. The second-order valence-electron chi connectivity index (χ2n) is 4.90. The van der Waals surface area contributed by atoms with Gasteiger partial charge >= 0.3 is 0 Å². The number of nitrogens with one attached hydrogen (secondary N) is 1. The molecular formula is C13H21N3O. The first kappa shape index (κ1) is 12.3. The molecule has 1 saturated carbocycles. The van der Waals surface area contributed by atoms with E-state index >= 15 is 0 Å². The molecule has 4 nitrogen and oxygen atoms in total. The number of ether oxygens (including phenoxy) is 1. The van der Waals surface area contributed by atoms with Gasteiger partial charge in [0.15, 0.2) is 0 Å². The zero-order chi connectivity index (χ0) is 12.1. The molecule has 2 unspecified atom stereocenters. The van der Waals surface area contributed by atoms with Crippen molar-refractivity contribution in [2.75, 3.05) is 7.05 Å². The number of hydrogen-bond acceptors (Lipinski definition) is 4. The van der Waals surface area contributed by atoms with E-state index in [0.29, 0.717) is 12.0 Å². The number of hydrogen-bond donors (Lipinski definition) is 1. The van der Waals surface area contributed by atoms with E-state index in [4.69, 9.17) is 4.74 Å². The van der Waals surface area contributed by atoms with Crippen molar-refractivity contribution >= 4 is 0 Å². The zero-order valence-corrected chi connectivity index (χ0v) is 10.6. The summed E-state index contributed by atoms with van der Waals surface area (Å²) >= 11 is 0. The van der Waals surface area contributed by atoms with Gasteiger partial charge in [-0.05, 0) is 38.3 Å². The molecule has 1 aliphatic rings. The first-order valence-corrected chi connectivity index (χ1v) is 6.42. The lowest BCUT2D eigenvalue weighted by atomic mass is 9.89. The monoisotopic (exact) mass is 235 g/mol. The van der Waals surface area contributed by atoms with Crippen LogP contribution in [0.1, 0.15) is 38.3 Å². The van der Waals surface area contributed by atoms with Gasteiger partial charge in [-0.25, -0.2) is 0 Å². The minimum absolute atomic E-state index is 0.322. The number of rotatable bonds is 4. The smallest absolute Gasteiger partial charge is 0.233 e. The fourth-order valence-electron chi connectivity index (χ4n) is 2.34. The van der Waals surface area contributed by atoms with Crippen LogP contribution in [-0.2, 0) is 6.54 Å². The highest BCUT2D eigenvalue weighted by molar-refractivity contribution is 5.11. The summed E-state index contributed by atoms with van der Waals surface area (Å²) < 4.78 is 5.86. The Labute approximate surface area is 103 Å². The molecule has 1 heterocycles. The van der Waals surface area contributed by atoms with Gasteiger partial charge in [-0.1, -0.05) is 13.3 Å². The maximum Gasteiger partial charge on any atom is 0.233 e. The molecule has 0 aromatic carbocycles. The summed E-state index contributed by atoms with van der Waals surface area (Å²) in [5.74, 6) is 1.43. The van der Waals surface area contributed by atoms with Crippen LogP contribution in [0, 0.1) is 5.92 Å². The summed E-state index contributed by atoms with van der Waals surface area (Å²) in [6.45, 7) is 3.03. The van der Waals surface area contributed by atoms with Crippen molar-refractivity contribution in [2.24, 2.45) is 5.92 Å². The predicted octanol–water partition coefficient (Wildman–Crippen LogP) is 2.15. The number of nitrogens with zero attached hydrogens (tertiary/aromatic N) is 2. The molecule has 0 spiro atoms. The third kappa shape index (κ3) is 3.66. The van der Waals surface area contributed by atoms with Gasteiger partial charge in [0.25, 0.3) is 0 Å². The first-order valence-electron chi connectivity index (χ1n) is 6.42. The standard InChI is InChI=1S/C13H21N3O/c1-10-4-3-5-12(8-10)17-13-7-6-11(9-14-2)15-16-13/h6-7,10,12,14H,3-5,8-9H2,1-2H3. The molecule has 0 bridgehead atoms. The van der Waals surface area contributed by atoms with Crippen LogP contribution in [0.5, 0.6) is 5.88 Å². The highest BCUT2D eigenvalue weighted by atomic mass is 16.5. The molecule has 2 atom stereocenters. The third-order valence-corrected chi connectivity index (χ3v) is 3.23. The zero-order valence-electron chi connectivity index (χ0n) is 10.6. The van der Waals surface area contributed by atoms with Crippen molar-refractivity contribution in [2.45, 2.75) is 45.3 Å². The van der Waals surface area contributed by atoms with Crippen molar-refractivity contribution in [1.29, 1.82) is 0 Å². The highest BCUT2D eigenvalue weighted by Crippen LogP contribution is 2.26. The van der Waals surface area contributed by atoms with Gasteiger partial charge in [0.05, 0.1) is 5.69 Å². The Morgan fingerprint density at radius 1 is 1.35 bits per heavy atom. The van der Waals surface area contributed by atoms with Crippen molar-refractivity contribution in [1.82, 2.24) is 15.5 Å². The summed E-state index contributed by atoms with van der Waals surface area (Å²) in [5.41, 5.74) is 0.942. The fourth-order valence-corrected chi connectivity index (χ4v) is 2.34. The van der Waals surface area contributed by atoms with Crippen molar-refractivity contribution in [3.8, 4) is 5.88 Å². The SMILES string of the molecule is CNCc1ccc(OC2CCCC(C)C2)nn1. The normalized spacial score (nSPS) is 24.6. The van der Waals surface area contributed by atoms with E-state index in [0.717, 1.165) is 31.0 Å². The molecule has 1 N–H and O–H groups in total. The Morgan fingerprint density at radius 2 is 2.24 bits per heavy atom. The lowest BCUT2D eigenvalue weighted by Crippen LogP contribution is -2.24. The summed E-state index contributed by atoms with van der Waals surface area (Å²) in [6, 6.07) is 3.88. The van der Waals surface area contributed by atoms with Gasteiger partial charge in [-0.15, -0.1) is 5.10 Å². The van der Waals surface area contributed by atoms with E-state index in [2.05, 4.69) is 22.4 Å². The van der Waals surface area contributed by atoms with Crippen LogP contribution >= 0.6 is 0 Å². The number of aromatic nitrogens is 2.